The van der Waals surface area contributed by atoms with Gasteiger partial charge in [0, 0.05) is 34.6 Å². The number of rotatable bonds is 9. The Hall–Kier alpha value is -4.38. The fraction of sp³-hybridized carbons (Fsp3) is 0.300. The number of benzene rings is 2. The van der Waals surface area contributed by atoms with Crippen molar-refractivity contribution in [1.82, 2.24) is 0 Å². The van der Waals surface area contributed by atoms with Crippen LogP contribution in [0, 0.1) is 34.1 Å². The van der Waals surface area contributed by atoms with E-state index in [0.717, 1.165) is 22.8 Å². The molecule has 38 heavy (non-hydrogen) atoms. The highest BCUT2D eigenvalue weighted by Gasteiger charge is 2.84. The average molecular weight is 558 g/mol. The zero-order valence-corrected chi connectivity index (χ0v) is 18.8. The molecule has 206 valence electrons. The Morgan fingerprint density at radius 3 is 1.21 bits per heavy atom. The monoisotopic (exact) mass is 558 g/mol. The summed E-state index contributed by atoms with van der Waals surface area (Å²) in [5, 5.41) is 23.8. The number of anilines is 2. The summed E-state index contributed by atoms with van der Waals surface area (Å²) in [4.78, 5) is 43.2. The summed E-state index contributed by atoms with van der Waals surface area (Å²) in [6, 6.07) is 4.01. The Bertz CT molecular complexity index is 1220. The third kappa shape index (κ3) is 5.05. The van der Waals surface area contributed by atoms with Crippen LogP contribution in [0.5, 0.6) is 0 Å². The van der Waals surface area contributed by atoms with E-state index in [0.29, 0.717) is 24.3 Å². The lowest BCUT2D eigenvalue weighted by Gasteiger charge is -2.35. The molecule has 0 saturated heterocycles. The molecule has 0 atom stereocenters. The summed E-state index contributed by atoms with van der Waals surface area (Å²) in [5.41, 5.74) is -3.58. The Labute approximate surface area is 205 Å². The summed E-state index contributed by atoms with van der Waals surface area (Å²) in [5.74, 6) is -34.1. The minimum atomic E-state index is -7.21. The van der Waals surface area contributed by atoms with Crippen LogP contribution in [0.25, 0.3) is 0 Å². The molecule has 0 aliphatic heterocycles. The summed E-state index contributed by atoms with van der Waals surface area (Å²) in [6.45, 7) is 2.35. The van der Waals surface area contributed by atoms with Crippen molar-refractivity contribution in [2.75, 3.05) is 10.6 Å². The number of hydrogen-bond acceptors (Lipinski definition) is 6. The third-order valence-electron chi connectivity index (χ3n) is 5.08. The van der Waals surface area contributed by atoms with Gasteiger partial charge in [-0.1, -0.05) is 12.1 Å². The van der Waals surface area contributed by atoms with Crippen LogP contribution in [0.15, 0.2) is 36.4 Å². The molecule has 0 bridgehead atoms. The van der Waals surface area contributed by atoms with Crippen LogP contribution in [-0.2, 0) is 9.59 Å². The summed E-state index contributed by atoms with van der Waals surface area (Å²) in [7, 11) is 0. The fourth-order valence-electron chi connectivity index (χ4n) is 2.87. The number of nitrogens with one attached hydrogen (secondary N) is 2. The average Bonchev–Trinajstić information content (AvgIpc) is 2.80. The van der Waals surface area contributed by atoms with Crippen molar-refractivity contribution < 1.29 is 54.6 Å². The zero-order chi connectivity index (χ0) is 29.4. The molecule has 0 fully saturated rings. The van der Waals surface area contributed by atoms with Crippen molar-refractivity contribution >= 4 is 34.6 Å². The Morgan fingerprint density at radius 2 is 0.947 bits per heavy atom. The lowest BCUT2D eigenvalue weighted by Crippen LogP contribution is -2.67. The van der Waals surface area contributed by atoms with Gasteiger partial charge in [-0.25, -0.2) is 0 Å². The molecule has 2 rings (SSSR count). The number of amides is 2. The molecule has 10 nitrogen and oxygen atoms in total. The minimum absolute atomic E-state index is 0.0683. The maximum atomic E-state index is 14.2. The molecule has 0 radical (unpaired) electrons. The molecular weight excluding hydrogens is 544 g/mol. The topological polar surface area (TPSA) is 144 Å². The van der Waals surface area contributed by atoms with Crippen molar-refractivity contribution in [2.24, 2.45) is 0 Å². The van der Waals surface area contributed by atoms with Crippen molar-refractivity contribution in [1.29, 1.82) is 0 Å². The van der Waals surface area contributed by atoms with Gasteiger partial charge in [0.15, 0.2) is 0 Å². The van der Waals surface area contributed by atoms with Crippen molar-refractivity contribution in [2.45, 2.75) is 37.5 Å². The van der Waals surface area contributed by atoms with Crippen LogP contribution in [0.2, 0.25) is 0 Å². The van der Waals surface area contributed by atoms with E-state index in [1.165, 1.54) is 13.8 Å². The Kier molecular flexibility index (Phi) is 7.72. The molecule has 2 amide bonds. The van der Waals surface area contributed by atoms with Crippen LogP contribution in [0.3, 0.4) is 0 Å². The van der Waals surface area contributed by atoms with E-state index in [1.54, 1.807) is 0 Å². The minimum Gasteiger partial charge on any atom is -0.320 e. The quantitative estimate of drug-likeness (QED) is 0.245. The first-order valence-corrected chi connectivity index (χ1v) is 9.82. The van der Waals surface area contributed by atoms with Gasteiger partial charge >= 0.3 is 35.5 Å². The highest BCUT2D eigenvalue weighted by Crippen LogP contribution is 2.53. The second kappa shape index (κ2) is 9.82. The SMILES string of the molecule is Cc1ccc(NC(=O)C(F)(F)C(F)(F)C(F)(F)C(F)(F)C(=O)Nc2ccc(C)c([N+](=O)[O-])c2)cc1[N+](=O)[O-]. The van der Waals surface area contributed by atoms with E-state index in [9.17, 15) is 64.9 Å². The molecule has 0 spiro atoms. The summed E-state index contributed by atoms with van der Waals surface area (Å²) < 4.78 is 114. The standard InChI is InChI=1S/C20H14F8N4O6/c1-9-3-5-11(7-13(9)31(35)36)29-15(33)17(21,22)19(25,26)20(27,28)18(23,24)16(34)30-12-6-4-10(2)14(8-12)32(37)38/h3-8H,1-2H3,(H,29,33)(H,30,34). The predicted octanol–water partition coefficient (Wildman–Crippen LogP) is 5.24. The van der Waals surface area contributed by atoms with Gasteiger partial charge in [0.05, 0.1) is 9.85 Å². The number of nitro groups is 2. The number of nitrogens with zero attached hydrogens (tertiary/aromatic N) is 2. The van der Waals surface area contributed by atoms with E-state index in [2.05, 4.69) is 0 Å². The first kappa shape index (κ1) is 29.8. The Balaban J connectivity index is 2.37. The molecule has 2 N–H and O–H groups in total. The number of carbonyl (C=O) groups excluding carboxylic acids is 2. The van der Waals surface area contributed by atoms with Gasteiger partial charge < -0.3 is 10.6 Å². The van der Waals surface area contributed by atoms with Crippen LogP contribution < -0.4 is 10.6 Å². The number of nitro benzene ring substituents is 2. The second-order valence-electron chi connectivity index (χ2n) is 7.72. The van der Waals surface area contributed by atoms with E-state index in [-0.39, 0.29) is 11.1 Å². The number of hydrogen-bond donors (Lipinski definition) is 2. The molecule has 0 aliphatic carbocycles. The molecule has 0 unspecified atom stereocenters. The highest BCUT2D eigenvalue weighted by atomic mass is 19.4. The van der Waals surface area contributed by atoms with Gasteiger partial charge in [0.25, 0.3) is 11.4 Å². The van der Waals surface area contributed by atoms with E-state index < -0.39 is 68.1 Å². The van der Waals surface area contributed by atoms with Gasteiger partial charge in [-0.15, -0.1) is 0 Å². The molecule has 2 aromatic rings. The van der Waals surface area contributed by atoms with Crippen molar-refractivity contribution in [3.63, 3.8) is 0 Å². The lowest BCUT2D eigenvalue weighted by atomic mass is 9.97. The van der Waals surface area contributed by atoms with Gasteiger partial charge in [0.2, 0.25) is 0 Å². The highest BCUT2D eigenvalue weighted by molar-refractivity contribution is 5.99. The van der Waals surface area contributed by atoms with Crippen LogP contribution in [0.4, 0.5) is 57.9 Å². The summed E-state index contributed by atoms with van der Waals surface area (Å²) in [6.07, 6.45) is 0. The fourth-order valence-corrected chi connectivity index (χ4v) is 2.87. The molecule has 0 saturated carbocycles. The number of carbonyl (C=O) groups is 2. The summed E-state index contributed by atoms with van der Waals surface area (Å²) >= 11 is 0. The third-order valence-corrected chi connectivity index (χ3v) is 5.08. The van der Waals surface area contributed by atoms with Gasteiger partial charge in [-0.2, -0.15) is 35.1 Å². The largest absolute Gasteiger partial charge is 0.393 e. The lowest BCUT2D eigenvalue weighted by molar-refractivity contribution is -0.385. The van der Waals surface area contributed by atoms with Crippen molar-refractivity contribution in [3.05, 3.63) is 67.8 Å². The molecular formula is C20H14F8N4O6. The first-order valence-electron chi connectivity index (χ1n) is 9.82. The second-order valence-corrected chi connectivity index (χ2v) is 7.72. The Morgan fingerprint density at radius 1 is 0.658 bits per heavy atom. The van der Waals surface area contributed by atoms with Gasteiger partial charge in [-0.05, 0) is 26.0 Å². The van der Waals surface area contributed by atoms with Gasteiger partial charge in [0.1, 0.15) is 0 Å². The van der Waals surface area contributed by atoms with Crippen LogP contribution >= 0.6 is 0 Å². The number of aryl methyl sites for hydroxylation is 2. The smallest absolute Gasteiger partial charge is 0.320 e. The normalized spacial score (nSPS) is 12.6. The predicted molar refractivity (Wildman–Crippen MR) is 113 cm³/mol. The van der Waals surface area contributed by atoms with E-state index in [1.807, 2.05) is 0 Å². The van der Waals surface area contributed by atoms with Crippen LogP contribution in [-0.4, -0.2) is 45.4 Å². The zero-order valence-electron chi connectivity index (χ0n) is 18.8. The van der Waals surface area contributed by atoms with E-state index in [4.69, 9.17) is 0 Å². The maximum Gasteiger partial charge on any atom is 0.393 e. The number of alkyl halides is 8. The van der Waals surface area contributed by atoms with E-state index >= 15 is 0 Å². The molecule has 0 heterocycles. The molecule has 18 heteroatoms. The maximum absolute atomic E-state index is 14.2. The molecule has 2 aromatic carbocycles. The molecule has 0 aliphatic rings. The first-order chi connectivity index (χ1) is 17.2. The van der Waals surface area contributed by atoms with Crippen molar-refractivity contribution in [3.8, 4) is 0 Å². The number of halogens is 8. The van der Waals surface area contributed by atoms with Crippen LogP contribution in [0.1, 0.15) is 11.1 Å². The van der Waals surface area contributed by atoms with Gasteiger partial charge in [-0.3, -0.25) is 29.8 Å². The molecule has 0 aromatic heterocycles.